The van der Waals surface area contributed by atoms with E-state index < -0.39 is 0 Å². The largest absolute Gasteiger partial charge is 0.497 e. The normalized spacial score (nSPS) is 12.2. The van der Waals surface area contributed by atoms with Crippen LogP contribution in [-0.4, -0.2) is 38.6 Å². The van der Waals surface area contributed by atoms with Crippen LogP contribution in [0.15, 0.2) is 41.1 Å². The van der Waals surface area contributed by atoms with Gasteiger partial charge in [0.1, 0.15) is 5.75 Å². The van der Waals surface area contributed by atoms with Gasteiger partial charge in [-0.1, -0.05) is 12.1 Å². The Morgan fingerprint density at radius 2 is 2.19 bits per heavy atom. The van der Waals surface area contributed by atoms with E-state index >= 15 is 0 Å². The van der Waals surface area contributed by atoms with Gasteiger partial charge in [-0.3, -0.25) is 4.79 Å². The molecule has 0 aliphatic heterocycles. The number of hydrogen-bond donors (Lipinski definition) is 1. The van der Waals surface area contributed by atoms with Gasteiger partial charge in [-0.15, -0.1) is 0 Å². The lowest BCUT2D eigenvalue weighted by Crippen LogP contribution is -2.34. The summed E-state index contributed by atoms with van der Waals surface area (Å²) in [5, 5.41) is 6.74. The highest BCUT2D eigenvalue weighted by Crippen LogP contribution is 2.22. The smallest absolute Gasteiger partial charge is 0.252 e. The summed E-state index contributed by atoms with van der Waals surface area (Å²) in [5.74, 6) is 0.787. The number of carbonyl (C=O) groups is 1. The molecule has 1 amide bonds. The summed E-state index contributed by atoms with van der Waals surface area (Å²) in [4.78, 5) is 14.1. The number of likely N-dealkylation sites (N-methyl/N-ethyl adjacent to an activating group) is 1. The van der Waals surface area contributed by atoms with Gasteiger partial charge in [0.25, 0.3) is 5.91 Å². The second-order valence-corrected chi connectivity index (χ2v) is 5.76. The van der Waals surface area contributed by atoms with Crippen molar-refractivity contribution in [3.63, 3.8) is 0 Å². The van der Waals surface area contributed by atoms with Crippen LogP contribution < -0.4 is 10.1 Å². The van der Waals surface area contributed by atoms with Crippen LogP contribution in [0.25, 0.3) is 0 Å². The lowest BCUT2D eigenvalue weighted by Gasteiger charge is -2.25. The number of nitrogens with zero attached hydrogens (tertiary/aromatic N) is 1. The molecule has 0 radical (unpaired) electrons. The molecule has 1 heterocycles. The van der Waals surface area contributed by atoms with Crippen LogP contribution in [0.2, 0.25) is 0 Å². The molecule has 5 heteroatoms. The van der Waals surface area contributed by atoms with Gasteiger partial charge in [0, 0.05) is 17.5 Å². The Hall–Kier alpha value is -1.85. The van der Waals surface area contributed by atoms with Crippen molar-refractivity contribution in [3.8, 4) is 5.75 Å². The second-order valence-electron chi connectivity index (χ2n) is 4.98. The molecular weight excluding hydrogens is 284 g/mol. The van der Waals surface area contributed by atoms with Crippen molar-refractivity contribution in [2.45, 2.75) is 6.04 Å². The van der Waals surface area contributed by atoms with Gasteiger partial charge in [-0.05, 0) is 43.2 Å². The fraction of sp³-hybridized carbons (Fsp3) is 0.312. The van der Waals surface area contributed by atoms with Gasteiger partial charge in [-0.25, -0.2) is 0 Å². The average Bonchev–Trinajstić information content (AvgIpc) is 3.01. The number of ether oxygens (including phenoxy) is 1. The summed E-state index contributed by atoms with van der Waals surface area (Å²) >= 11 is 1.52. The number of carbonyl (C=O) groups excluding carboxylic acids is 1. The first-order chi connectivity index (χ1) is 10.1. The molecule has 0 bridgehead atoms. The highest BCUT2D eigenvalue weighted by Gasteiger charge is 2.16. The minimum Gasteiger partial charge on any atom is -0.497 e. The number of methoxy groups -OCH3 is 1. The summed E-state index contributed by atoms with van der Waals surface area (Å²) in [6, 6.07) is 9.86. The third-order valence-electron chi connectivity index (χ3n) is 3.34. The maximum absolute atomic E-state index is 12.0. The summed E-state index contributed by atoms with van der Waals surface area (Å²) in [6.07, 6.45) is 0. The molecule has 1 aromatic heterocycles. The first-order valence-corrected chi connectivity index (χ1v) is 7.67. The predicted octanol–water partition coefficient (Wildman–Crippen LogP) is 2.79. The molecule has 2 aromatic rings. The van der Waals surface area contributed by atoms with Crippen molar-refractivity contribution >= 4 is 17.2 Å². The lowest BCUT2D eigenvalue weighted by atomic mass is 10.1. The molecule has 21 heavy (non-hydrogen) atoms. The zero-order chi connectivity index (χ0) is 15.2. The maximum Gasteiger partial charge on any atom is 0.252 e. The first-order valence-electron chi connectivity index (χ1n) is 6.72. The Kier molecular flexibility index (Phi) is 5.36. The topological polar surface area (TPSA) is 41.6 Å². The number of amides is 1. The highest BCUT2D eigenvalue weighted by molar-refractivity contribution is 7.08. The second kappa shape index (κ2) is 7.24. The van der Waals surface area contributed by atoms with Crippen molar-refractivity contribution in [1.82, 2.24) is 10.2 Å². The monoisotopic (exact) mass is 304 g/mol. The van der Waals surface area contributed by atoms with E-state index in [0.29, 0.717) is 12.1 Å². The van der Waals surface area contributed by atoms with Gasteiger partial charge in [-0.2, -0.15) is 11.3 Å². The minimum absolute atomic E-state index is 0.0361. The first kappa shape index (κ1) is 15.5. The summed E-state index contributed by atoms with van der Waals surface area (Å²) in [6.45, 7) is 0.550. The molecule has 1 aromatic carbocycles. The minimum atomic E-state index is -0.0361. The quantitative estimate of drug-likeness (QED) is 0.892. The van der Waals surface area contributed by atoms with Crippen molar-refractivity contribution in [1.29, 1.82) is 0 Å². The molecule has 0 saturated carbocycles. The third kappa shape index (κ3) is 4.06. The van der Waals surface area contributed by atoms with E-state index in [4.69, 9.17) is 4.74 Å². The number of benzene rings is 1. The van der Waals surface area contributed by atoms with Gasteiger partial charge >= 0.3 is 0 Å². The number of rotatable bonds is 6. The Bertz CT molecular complexity index is 582. The molecule has 0 spiro atoms. The molecule has 1 N–H and O–H groups in total. The highest BCUT2D eigenvalue weighted by atomic mass is 32.1. The molecule has 1 unspecified atom stereocenters. The zero-order valence-electron chi connectivity index (χ0n) is 12.5. The van der Waals surface area contributed by atoms with Gasteiger partial charge in [0.05, 0.1) is 13.2 Å². The zero-order valence-corrected chi connectivity index (χ0v) is 13.3. The molecule has 4 nitrogen and oxygen atoms in total. The molecule has 0 aliphatic carbocycles. The lowest BCUT2D eigenvalue weighted by molar-refractivity contribution is 0.0942. The van der Waals surface area contributed by atoms with E-state index in [9.17, 15) is 4.79 Å². The van der Waals surface area contributed by atoms with Crippen LogP contribution in [0.1, 0.15) is 22.0 Å². The van der Waals surface area contributed by atoms with Crippen molar-refractivity contribution in [2.75, 3.05) is 27.7 Å². The maximum atomic E-state index is 12.0. The third-order valence-corrected chi connectivity index (χ3v) is 4.02. The Labute approximate surface area is 129 Å². The number of thiophene rings is 1. The average molecular weight is 304 g/mol. The van der Waals surface area contributed by atoms with E-state index in [0.717, 1.165) is 11.3 Å². The fourth-order valence-corrected chi connectivity index (χ4v) is 2.77. The van der Waals surface area contributed by atoms with Gasteiger partial charge in [0.2, 0.25) is 0 Å². The van der Waals surface area contributed by atoms with Crippen LogP contribution in [0, 0.1) is 0 Å². The SMILES string of the molecule is COc1cccc(C(CNC(=O)c2ccsc2)N(C)C)c1. The van der Waals surface area contributed by atoms with Gasteiger partial charge in [0.15, 0.2) is 0 Å². The summed E-state index contributed by atoms with van der Waals surface area (Å²) in [5.41, 5.74) is 1.83. The van der Waals surface area contributed by atoms with E-state index in [-0.39, 0.29) is 11.9 Å². The number of hydrogen-bond acceptors (Lipinski definition) is 4. The predicted molar refractivity (Wildman–Crippen MR) is 86.1 cm³/mol. The summed E-state index contributed by atoms with van der Waals surface area (Å²) in [7, 11) is 5.66. The molecule has 112 valence electrons. The summed E-state index contributed by atoms with van der Waals surface area (Å²) < 4.78 is 5.26. The fourth-order valence-electron chi connectivity index (χ4n) is 2.13. The van der Waals surface area contributed by atoms with Crippen LogP contribution in [0.4, 0.5) is 0 Å². The van der Waals surface area contributed by atoms with Crippen molar-refractivity contribution < 1.29 is 9.53 Å². The molecular formula is C16H20N2O2S. The van der Waals surface area contributed by atoms with E-state index in [1.54, 1.807) is 7.11 Å². The Morgan fingerprint density at radius 1 is 1.38 bits per heavy atom. The van der Waals surface area contributed by atoms with Crippen LogP contribution >= 0.6 is 11.3 Å². The van der Waals surface area contributed by atoms with Crippen LogP contribution in [0.3, 0.4) is 0 Å². The molecule has 0 saturated heterocycles. The standard InChI is InChI=1S/C16H20N2O2S/c1-18(2)15(12-5-4-6-14(9-12)20-3)10-17-16(19)13-7-8-21-11-13/h4-9,11,15H,10H2,1-3H3,(H,17,19). The molecule has 1 atom stereocenters. The van der Waals surface area contributed by atoms with E-state index in [1.807, 2.05) is 55.2 Å². The van der Waals surface area contributed by atoms with Crippen molar-refractivity contribution in [3.05, 3.63) is 52.2 Å². The molecule has 0 aliphatic rings. The molecule has 2 rings (SSSR count). The van der Waals surface area contributed by atoms with Crippen molar-refractivity contribution in [2.24, 2.45) is 0 Å². The Balaban J connectivity index is 2.07. The Morgan fingerprint density at radius 3 is 2.81 bits per heavy atom. The molecule has 0 fully saturated rings. The number of nitrogens with one attached hydrogen (secondary N) is 1. The van der Waals surface area contributed by atoms with E-state index in [1.165, 1.54) is 11.3 Å². The van der Waals surface area contributed by atoms with Crippen LogP contribution in [0.5, 0.6) is 5.75 Å². The van der Waals surface area contributed by atoms with E-state index in [2.05, 4.69) is 10.2 Å². The van der Waals surface area contributed by atoms with Gasteiger partial charge < -0.3 is 15.0 Å². The van der Waals surface area contributed by atoms with Crippen LogP contribution in [-0.2, 0) is 0 Å².